The molecule has 0 saturated carbocycles. The van der Waals surface area contributed by atoms with Crippen molar-refractivity contribution in [1.29, 1.82) is 0 Å². The van der Waals surface area contributed by atoms with Crippen LogP contribution < -0.4 is 4.74 Å². The SMILES string of the molecule is CCN(CC)CC(C)COc1ccc(C(=O)O)cc1. The van der Waals surface area contributed by atoms with Gasteiger partial charge in [-0.3, -0.25) is 0 Å². The Morgan fingerprint density at radius 2 is 1.84 bits per heavy atom. The Bertz CT molecular complexity index is 385. The van der Waals surface area contributed by atoms with Gasteiger partial charge in [0.2, 0.25) is 0 Å². The molecular formula is C15H23NO3. The normalized spacial score (nSPS) is 12.4. The van der Waals surface area contributed by atoms with E-state index in [9.17, 15) is 4.79 Å². The molecule has 0 fully saturated rings. The van der Waals surface area contributed by atoms with E-state index in [1.807, 2.05) is 0 Å². The van der Waals surface area contributed by atoms with Gasteiger partial charge in [-0.15, -0.1) is 0 Å². The van der Waals surface area contributed by atoms with Gasteiger partial charge in [0.05, 0.1) is 12.2 Å². The van der Waals surface area contributed by atoms with Gasteiger partial charge in [0.1, 0.15) is 5.75 Å². The van der Waals surface area contributed by atoms with Gasteiger partial charge in [0.15, 0.2) is 0 Å². The molecule has 0 aromatic heterocycles. The Hall–Kier alpha value is -1.55. The fourth-order valence-electron chi connectivity index (χ4n) is 1.91. The Balaban J connectivity index is 2.41. The molecule has 1 atom stereocenters. The van der Waals surface area contributed by atoms with E-state index >= 15 is 0 Å². The molecule has 0 heterocycles. The van der Waals surface area contributed by atoms with Crippen molar-refractivity contribution in [1.82, 2.24) is 4.90 Å². The fraction of sp³-hybridized carbons (Fsp3) is 0.533. The summed E-state index contributed by atoms with van der Waals surface area (Å²) in [5, 5.41) is 8.80. The van der Waals surface area contributed by atoms with Crippen molar-refractivity contribution >= 4 is 5.97 Å². The first kappa shape index (κ1) is 15.5. The second-order valence-electron chi connectivity index (χ2n) is 4.73. The molecule has 0 amide bonds. The molecule has 1 aromatic carbocycles. The molecule has 0 spiro atoms. The van der Waals surface area contributed by atoms with Gasteiger partial charge < -0.3 is 14.7 Å². The molecule has 1 aromatic rings. The summed E-state index contributed by atoms with van der Waals surface area (Å²) in [5.41, 5.74) is 0.281. The molecule has 0 aliphatic carbocycles. The summed E-state index contributed by atoms with van der Waals surface area (Å²) >= 11 is 0. The Morgan fingerprint density at radius 1 is 1.26 bits per heavy atom. The lowest BCUT2D eigenvalue weighted by Crippen LogP contribution is -2.30. The zero-order valence-corrected chi connectivity index (χ0v) is 11.9. The van der Waals surface area contributed by atoms with Gasteiger partial charge in [0.25, 0.3) is 0 Å². The second kappa shape index (κ2) is 7.79. The summed E-state index contributed by atoms with van der Waals surface area (Å²) in [6.07, 6.45) is 0. The fourth-order valence-corrected chi connectivity index (χ4v) is 1.91. The molecule has 0 aliphatic heterocycles. The lowest BCUT2D eigenvalue weighted by Gasteiger charge is -2.22. The summed E-state index contributed by atoms with van der Waals surface area (Å²) in [6, 6.07) is 6.53. The van der Waals surface area contributed by atoms with E-state index in [0.717, 1.165) is 25.4 Å². The lowest BCUT2D eigenvalue weighted by molar-refractivity contribution is 0.0697. The molecule has 19 heavy (non-hydrogen) atoms. The molecule has 0 saturated heterocycles. The van der Waals surface area contributed by atoms with Gasteiger partial charge >= 0.3 is 5.97 Å². The zero-order valence-electron chi connectivity index (χ0n) is 11.9. The largest absolute Gasteiger partial charge is 0.493 e. The highest BCUT2D eigenvalue weighted by atomic mass is 16.5. The third kappa shape index (κ3) is 5.30. The van der Waals surface area contributed by atoms with Crippen LogP contribution in [0.2, 0.25) is 0 Å². The Kier molecular flexibility index (Phi) is 6.36. The third-order valence-electron chi connectivity index (χ3n) is 3.10. The molecule has 1 N–H and O–H groups in total. The van der Waals surface area contributed by atoms with E-state index < -0.39 is 5.97 Å². The maximum absolute atomic E-state index is 10.7. The minimum atomic E-state index is -0.915. The minimum Gasteiger partial charge on any atom is -0.493 e. The van der Waals surface area contributed by atoms with Crippen LogP contribution >= 0.6 is 0 Å². The van der Waals surface area contributed by atoms with Gasteiger partial charge in [-0.1, -0.05) is 20.8 Å². The summed E-state index contributed by atoms with van der Waals surface area (Å²) in [7, 11) is 0. The van der Waals surface area contributed by atoms with Crippen molar-refractivity contribution in [3.8, 4) is 5.75 Å². The molecule has 0 radical (unpaired) electrons. The van der Waals surface area contributed by atoms with Crippen LogP contribution in [0.1, 0.15) is 31.1 Å². The summed E-state index contributed by atoms with van der Waals surface area (Å²) in [6.45, 7) is 10.2. The summed E-state index contributed by atoms with van der Waals surface area (Å²) < 4.78 is 5.67. The molecule has 1 rings (SSSR count). The number of hydrogen-bond donors (Lipinski definition) is 1. The highest BCUT2D eigenvalue weighted by molar-refractivity contribution is 5.87. The van der Waals surface area contributed by atoms with Gasteiger partial charge in [0, 0.05) is 12.5 Å². The quantitative estimate of drug-likeness (QED) is 0.785. The first-order chi connectivity index (χ1) is 9.06. The first-order valence-corrected chi connectivity index (χ1v) is 6.75. The number of benzene rings is 1. The van der Waals surface area contributed by atoms with Crippen LogP contribution in [0.25, 0.3) is 0 Å². The predicted molar refractivity (Wildman–Crippen MR) is 75.8 cm³/mol. The average Bonchev–Trinajstić information content (AvgIpc) is 2.43. The second-order valence-corrected chi connectivity index (χ2v) is 4.73. The number of carboxylic acid groups (broad SMARTS) is 1. The van der Waals surface area contributed by atoms with Gasteiger partial charge in [-0.25, -0.2) is 4.79 Å². The van der Waals surface area contributed by atoms with Crippen molar-refractivity contribution in [3.05, 3.63) is 29.8 Å². The van der Waals surface area contributed by atoms with Crippen LogP contribution in [0.3, 0.4) is 0 Å². The average molecular weight is 265 g/mol. The van der Waals surface area contributed by atoms with E-state index in [1.54, 1.807) is 24.3 Å². The number of ether oxygens (including phenoxy) is 1. The van der Waals surface area contributed by atoms with E-state index in [2.05, 4.69) is 25.7 Å². The zero-order chi connectivity index (χ0) is 14.3. The third-order valence-corrected chi connectivity index (χ3v) is 3.10. The van der Waals surface area contributed by atoms with Crippen molar-refractivity contribution in [3.63, 3.8) is 0 Å². The summed E-state index contributed by atoms with van der Waals surface area (Å²) in [4.78, 5) is 13.1. The van der Waals surface area contributed by atoms with E-state index in [1.165, 1.54) is 0 Å². The highest BCUT2D eigenvalue weighted by Crippen LogP contribution is 2.13. The van der Waals surface area contributed by atoms with Gasteiger partial charge in [-0.05, 0) is 37.4 Å². The van der Waals surface area contributed by atoms with Crippen LogP contribution in [-0.4, -0.2) is 42.2 Å². The lowest BCUT2D eigenvalue weighted by atomic mass is 10.2. The van der Waals surface area contributed by atoms with Gasteiger partial charge in [-0.2, -0.15) is 0 Å². The molecule has 4 nitrogen and oxygen atoms in total. The monoisotopic (exact) mass is 265 g/mol. The number of aromatic carboxylic acids is 1. The van der Waals surface area contributed by atoms with Crippen molar-refractivity contribution in [2.24, 2.45) is 5.92 Å². The number of nitrogens with zero attached hydrogens (tertiary/aromatic N) is 1. The molecule has 0 bridgehead atoms. The van der Waals surface area contributed by atoms with Crippen LogP contribution in [0.15, 0.2) is 24.3 Å². The molecule has 4 heteroatoms. The molecular weight excluding hydrogens is 242 g/mol. The number of rotatable bonds is 8. The van der Waals surface area contributed by atoms with Crippen LogP contribution in [0, 0.1) is 5.92 Å². The minimum absolute atomic E-state index is 0.281. The molecule has 1 unspecified atom stereocenters. The predicted octanol–water partition coefficient (Wildman–Crippen LogP) is 2.74. The first-order valence-electron chi connectivity index (χ1n) is 6.75. The van der Waals surface area contributed by atoms with Crippen LogP contribution in [-0.2, 0) is 0 Å². The standard InChI is InChI=1S/C15H23NO3/c1-4-16(5-2)10-12(3)11-19-14-8-6-13(7-9-14)15(17)18/h6-9,12H,4-5,10-11H2,1-3H3,(H,17,18). The molecule has 106 valence electrons. The smallest absolute Gasteiger partial charge is 0.335 e. The maximum atomic E-state index is 10.7. The maximum Gasteiger partial charge on any atom is 0.335 e. The van der Waals surface area contributed by atoms with Crippen molar-refractivity contribution < 1.29 is 14.6 Å². The Labute approximate surface area is 115 Å². The van der Waals surface area contributed by atoms with E-state index in [4.69, 9.17) is 9.84 Å². The number of carboxylic acids is 1. The highest BCUT2D eigenvalue weighted by Gasteiger charge is 2.08. The summed E-state index contributed by atoms with van der Waals surface area (Å²) in [5.74, 6) is 0.247. The van der Waals surface area contributed by atoms with Crippen LogP contribution in [0.4, 0.5) is 0 Å². The number of hydrogen-bond acceptors (Lipinski definition) is 3. The van der Waals surface area contributed by atoms with Crippen LogP contribution in [0.5, 0.6) is 5.75 Å². The van der Waals surface area contributed by atoms with Crippen molar-refractivity contribution in [2.45, 2.75) is 20.8 Å². The van der Waals surface area contributed by atoms with E-state index in [0.29, 0.717) is 12.5 Å². The molecule has 0 aliphatic rings. The van der Waals surface area contributed by atoms with E-state index in [-0.39, 0.29) is 5.56 Å². The Morgan fingerprint density at radius 3 is 2.32 bits per heavy atom. The topological polar surface area (TPSA) is 49.8 Å². The number of carbonyl (C=O) groups is 1. The van der Waals surface area contributed by atoms with Crippen molar-refractivity contribution in [2.75, 3.05) is 26.2 Å².